The van der Waals surface area contributed by atoms with Crippen LogP contribution in [0.5, 0.6) is 0 Å². The summed E-state index contributed by atoms with van der Waals surface area (Å²) in [6.45, 7) is 7.75. The summed E-state index contributed by atoms with van der Waals surface area (Å²) in [6, 6.07) is -0.839. The number of amides is 2. The lowest BCUT2D eigenvalue weighted by Gasteiger charge is -2.23. The summed E-state index contributed by atoms with van der Waals surface area (Å²) in [4.78, 5) is 22.2. The Bertz CT molecular complexity index is 258. The van der Waals surface area contributed by atoms with E-state index in [2.05, 4.69) is 26.1 Å². The molecule has 2 amide bonds. The van der Waals surface area contributed by atoms with Gasteiger partial charge in [-0.3, -0.25) is 9.59 Å². The summed E-state index contributed by atoms with van der Waals surface area (Å²) < 4.78 is 0. The van der Waals surface area contributed by atoms with Crippen molar-refractivity contribution >= 4 is 11.8 Å². The highest BCUT2D eigenvalue weighted by Crippen LogP contribution is 2.20. The van der Waals surface area contributed by atoms with Crippen LogP contribution in [0, 0.1) is 5.41 Å². The van der Waals surface area contributed by atoms with Crippen molar-refractivity contribution in [1.82, 2.24) is 5.32 Å². The summed E-state index contributed by atoms with van der Waals surface area (Å²) in [5.41, 5.74) is 11.0. The Kier molecular flexibility index (Phi) is 5.44. The molecule has 0 fully saturated rings. The van der Waals surface area contributed by atoms with Gasteiger partial charge in [0.05, 0.1) is 0 Å². The van der Waals surface area contributed by atoms with Crippen LogP contribution in [0.15, 0.2) is 0 Å². The summed E-state index contributed by atoms with van der Waals surface area (Å²) in [5.74, 6) is -0.777. The molecule has 0 radical (unpaired) electrons. The van der Waals surface area contributed by atoms with Gasteiger partial charge in [0.15, 0.2) is 0 Å². The molecule has 2 unspecified atom stereocenters. The van der Waals surface area contributed by atoms with Gasteiger partial charge in [-0.2, -0.15) is 0 Å². The molecule has 0 spiro atoms. The van der Waals surface area contributed by atoms with E-state index >= 15 is 0 Å². The smallest absolute Gasteiger partial charge is 0.239 e. The van der Waals surface area contributed by atoms with Gasteiger partial charge in [-0.1, -0.05) is 20.8 Å². The van der Waals surface area contributed by atoms with Crippen molar-refractivity contribution in [1.29, 1.82) is 0 Å². The highest BCUT2D eigenvalue weighted by Gasteiger charge is 2.19. The number of carbonyl (C=O) groups excluding carboxylic acids is 2. The predicted molar refractivity (Wildman–Crippen MR) is 63.5 cm³/mol. The first-order valence-electron chi connectivity index (χ1n) is 5.46. The maximum atomic E-state index is 11.5. The van der Waals surface area contributed by atoms with Crippen LogP contribution in [0.25, 0.3) is 0 Å². The fourth-order valence-electron chi connectivity index (χ4n) is 1.47. The Morgan fingerprint density at radius 2 is 1.81 bits per heavy atom. The van der Waals surface area contributed by atoms with Gasteiger partial charge in [-0.15, -0.1) is 0 Å². The number of hydrogen-bond donors (Lipinski definition) is 3. The van der Waals surface area contributed by atoms with E-state index in [1.165, 1.54) is 0 Å². The van der Waals surface area contributed by atoms with Gasteiger partial charge < -0.3 is 16.8 Å². The van der Waals surface area contributed by atoms with Crippen LogP contribution in [-0.4, -0.2) is 23.9 Å². The number of rotatable bonds is 5. The third-order valence-corrected chi connectivity index (χ3v) is 2.13. The maximum Gasteiger partial charge on any atom is 0.239 e. The van der Waals surface area contributed by atoms with Gasteiger partial charge in [0.25, 0.3) is 0 Å². The fraction of sp³-hybridized carbons (Fsp3) is 0.818. The molecule has 0 aliphatic heterocycles. The highest BCUT2D eigenvalue weighted by molar-refractivity contribution is 5.86. The molecule has 0 aliphatic rings. The number of nitrogens with two attached hydrogens (primary N) is 2. The number of carbonyl (C=O) groups is 2. The van der Waals surface area contributed by atoms with Gasteiger partial charge in [0.2, 0.25) is 11.8 Å². The summed E-state index contributed by atoms with van der Waals surface area (Å²) in [5, 5.41) is 2.50. The first-order valence-corrected chi connectivity index (χ1v) is 5.46. The van der Waals surface area contributed by atoms with Gasteiger partial charge in [0, 0.05) is 12.5 Å². The SMILES string of the molecule is CC(NC(=O)CC(N)CC(C)(C)C)C(N)=O. The highest BCUT2D eigenvalue weighted by atomic mass is 16.2. The van der Waals surface area contributed by atoms with Crippen LogP contribution in [0.3, 0.4) is 0 Å². The topological polar surface area (TPSA) is 98.2 Å². The Morgan fingerprint density at radius 1 is 1.31 bits per heavy atom. The Morgan fingerprint density at radius 3 is 2.19 bits per heavy atom. The minimum absolute atomic E-state index is 0.0923. The molecule has 0 rings (SSSR count). The molecule has 0 bridgehead atoms. The van der Waals surface area contributed by atoms with E-state index in [1.54, 1.807) is 6.92 Å². The van der Waals surface area contributed by atoms with Crippen molar-refractivity contribution in [3.63, 3.8) is 0 Å². The monoisotopic (exact) mass is 229 g/mol. The van der Waals surface area contributed by atoms with Crippen molar-refractivity contribution in [2.45, 2.75) is 52.6 Å². The van der Waals surface area contributed by atoms with E-state index in [1.807, 2.05) is 0 Å². The number of hydrogen-bond acceptors (Lipinski definition) is 3. The predicted octanol–water partition coefficient (Wildman–Crippen LogP) is 0.130. The van der Waals surface area contributed by atoms with Crippen LogP contribution in [-0.2, 0) is 9.59 Å². The lowest BCUT2D eigenvalue weighted by molar-refractivity contribution is -0.127. The normalized spacial score (nSPS) is 15.3. The molecule has 2 atom stereocenters. The summed E-state index contributed by atoms with van der Waals surface area (Å²) >= 11 is 0. The molecular weight excluding hydrogens is 206 g/mol. The third-order valence-electron chi connectivity index (χ3n) is 2.13. The summed E-state index contributed by atoms with van der Waals surface area (Å²) in [6.07, 6.45) is 0.972. The van der Waals surface area contributed by atoms with E-state index in [0.29, 0.717) is 0 Å². The Hall–Kier alpha value is -1.10. The molecule has 5 nitrogen and oxygen atoms in total. The van der Waals surface area contributed by atoms with Crippen molar-refractivity contribution in [2.75, 3.05) is 0 Å². The van der Waals surface area contributed by atoms with E-state index in [-0.39, 0.29) is 23.8 Å². The van der Waals surface area contributed by atoms with Crippen molar-refractivity contribution in [3.8, 4) is 0 Å². The first kappa shape index (κ1) is 14.9. The minimum Gasteiger partial charge on any atom is -0.368 e. The van der Waals surface area contributed by atoms with Crippen LogP contribution in [0.1, 0.15) is 40.5 Å². The van der Waals surface area contributed by atoms with E-state index in [0.717, 1.165) is 6.42 Å². The zero-order valence-electron chi connectivity index (χ0n) is 10.5. The van der Waals surface area contributed by atoms with Gasteiger partial charge in [-0.25, -0.2) is 0 Å². The average Bonchev–Trinajstić information content (AvgIpc) is 1.98. The van der Waals surface area contributed by atoms with Crippen molar-refractivity contribution in [2.24, 2.45) is 16.9 Å². The van der Waals surface area contributed by atoms with Crippen LogP contribution < -0.4 is 16.8 Å². The fourth-order valence-corrected chi connectivity index (χ4v) is 1.47. The quantitative estimate of drug-likeness (QED) is 0.625. The van der Waals surface area contributed by atoms with Gasteiger partial charge >= 0.3 is 0 Å². The number of primary amides is 1. The lowest BCUT2D eigenvalue weighted by atomic mass is 9.87. The maximum absolute atomic E-state index is 11.5. The molecule has 5 N–H and O–H groups in total. The van der Waals surface area contributed by atoms with Crippen LogP contribution in [0.4, 0.5) is 0 Å². The zero-order chi connectivity index (χ0) is 12.9. The lowest BCUT2D eigenvalue weighted by Crippen LogP contribution is -2.44. The van der Waals surface area contributed by atoms with Crippen LogP contribution >= 0.6 is 0 Å². The summed E-state index contributed by atoms with van der Waals surface area (Å²) in [7, 11) is 0. The van der Waals surface area contributed by atoms with E-state index < -0.39 is 11.9 Å². The first-order chi connectivity index (χ1) is 7.11. The molecule has 0 heterocycles. The van der Waals surface area contributed by atoms with Gasteiger partial charge in [-0.05, 0) is 18.8 Å². The second-order valence-electron chi connectivity index (χ2n) is 5.42. The average molecular weight is 229 g/mol. The molecular formula is C11H23N3O2. The molecule has 16 heavy (non-hydrogen) atoms. The molecule has 0 aromatic heterocycles. The standard InChI is InChI=1S/C11H23N3O2/c1-7(10(13)16)14-9(15)5-8(12)6-11(2,3)4/h7-8H,5-6,12H2,1-4H3,(H2,13,16)(H,14,15). The van der Waals surface area contributed by atoms with Crippen molar-refractivity contribution < 1.29 is 9.59 Å². The minimum atomic E-state index is -0.644. The van der Waals surface area contributed by atoms with E-state index in [4.69, 9.17) is 11.5 Å². The van der Waals surface area contributed by atoms with Gasteiger partial charge in [0.1, 0.15) is 6.04 Å². The molecule has 0 saturated carbocycles. The molecule has 0 saturated heterocycles. The third kappa shape index (κ3) is 7.23. The Labute approximate surface area is 96.9 Å². The Balaban J connectivity index is 4.01. The second-order valence-corrected chi connectivity index (χ2v) is 5.42. The molecule has 0 aliphatic carbocycles. The molecule has 0 aromatic carbocycles. The zero-order valence-corrected chi connectivity index (χ0v) is 10.5. The molecule has 94 valence electrons. The van der Waals surface area contributed by atoms with Crippen LogP contribution in [0.2, 0.25) is 0 Å². The molecule has 5 heteroatoms. The largest absolute Gasteiger partial charge is 0.368 e. The second kappa shape index (κ2) is 5.84. The van der Waals surface area contributed by atoms with E-state index in [9.17, 15) is 9.59 Å². The number of nitrogens with one attached hydrogen (secondary N) is 1. The van der Waals surface area contributed by atoms with Crippen molar-refractivity contribution in [3.05, 3.63) is 0 Å². The molecule has 0 aromatic rings.